The number of methoxy groups -OCH3 is 3. The second kappa shape index (κ2) is 6.33. The first-order chi connectivity index (χ1) is 12.7. The molecule has 0 radical (unpaired) electrons. The summed E-state index contributed by atoms with van der Waals surface area (Å²) >= 11 is 0. The zero-order valence-corrected chi connectivity index (χ0v) is 14.7. The van der Waals surface area contributed by atoms with E-state index in [-0.39, 0.29) is 19.0 Å². The van der Waals surface area contributed by atoms with Crippen molar-refractivity contribution in [1.29, 1.82) is 0 Å². The maximum Gasteiger partial charge on any atom is 0.231 e. The minimum absolute atomic E-state index is 0.0910. The molecule has 7 heteroatoms. The summed E-state index contributed by atoms with van der Waals surface area (Å²) in [6.07, 6.45) is -0.259. The summed E-state index contributed by atoms with van der Waals surface area (Å²) in [7, 11) is 4.49. The number of hydrogen-bond acceptors (Lipinski definition) is 7. The molecule has 2 aromatic rings. The van der Waals surface area contributed by atoms with Crippen molar-refractivity contribution in [1.82, 2.24) is 0 Å². The summed E-state index contributed by atoms with van der Waals surface area (Å²) in [5, 5.41) is 0. The summed E-state index contributed by atoms with van der Waals surface area (Å²) < 4.78 is 32.9. The summed E-state index contributed by atoms with van der Waals surface area (Å²) in [5.74, 6) is 2.76. The fourth-order valence-corrected chi connectivity index (χ4v) is 3.26. The first-order valence-electron chi connectivity index (χ1n) is 8.08. The van der Waals surface area contributed by atoms with E-state index >= 15 is 0 Å². The minimum atomic E-state index is -0.438. The van der Waals surface area contributed by atoms with E-state index in [2.05, 4.69) is 0 Å². The molecule has 2 aliphatic heterocycles. The lowest BCUT2D eigenvalue weighted by Gasteiger charge is -2.28. The predicted octanol–water partition coefficient (Wildman–Crippen LogP) is 3.15. The standard InChI is InChI=1S/C19H18O7/c1-21-16-8-15-17(19(23-3)18(16)22-2)11(20)7-13(26-15)10-4-5-12-14(6-10)25-9-24-12/h4-6,8,13H,7,9H2,1-3H3. The van der Waals surface area contributed by atoms with E-state index in [0.29, 0.717) is 40.1 Å². The molecule has 0 bridgehead atoms. The molecule has 1 unspecified atom stereocenters. The molecule has 0 aliphatic carbocycles. The van der Waals surface area contributed by atoms with Gasteiger partial charge in [0.05, 0.1) is 27.8 Å². The second-order valence-electron chi connectivity index (χ2n) is 5.86. The van der Waals surface area contributed by atoms with Crippen molar-refractivity contribution in [2.24, 2.45) is 0 Å². The van der Waals surface area contributed by atoms with Crippen LogP contribution in [0.25, 0.3) is 0 Å². The van der Waals surface area contributed by atoms with Crippen LogP contribution in [-0.4, -0.2) is 33.9 Å². The van der Waals surface area contributed by atoms with Crippen molar-refractivity contribution in [2.75, 3.05) is 28.1 Å². The van der Waals surface area contributed by atoms with Crippen LogP contribution in [-0.2, 0) is 0 Å². The first-order valence-corrected chi connectivity index (χ1v) is 8.08. The Labute approximate surface area is 150 Å². The van der Waals surface area contributed by atoms with Gasteiger partial charge in [-0.05, 0) is 17.7 Å². The Kier molecular flexibility index (Phi) is 3.99. The molecular weight excluding hydrogens is 340 g/mol. The average molecular weight is 358 g/mol. The third kappa shape index (κ3) is 2.47. The van der Waals surface area contributed by atoms with Crippen molar-refractivity contribution in [3.05, 3.63) is 35.4 Å². The largest absolute Gasteiger partial charge is 0.493 e. The maximum absolute atomic E-state index is 12.8. The second-order valence-corrected chi connectivity index (χ2v) is 5.86. The summed E-state index contributed by atoms with van der Waals surface area (Å²) in [4.78, 5) is 12.8. The number of fused-ring (bicyclic) bond motifs is 2. The van der Waals surface area contributed by atoms with Gasteiger partial charge in [0, 0.05) is 6.07 Å². The SMILES string of the molecule is COc1cc2c(c(OC)c1OC)C(=O)CC(c1ccc3c(c1)OCO3)O2. The van der Waals surface area contributed by atoms with E-state index < -0.39 is 6.10 Å². The monoisotopic (exact) mass is 358 g/mol. The third-order valence-electron chi connectivity index (χ3n) is 4.48. The molecule has 7 nitrogen and oxygen atoms in total. The van der Waals surface area contributed by atoms with Crippen molar-refractivity contribution < 1.29 is 33.2 Å². The highest BCUT2D eigenvalue weighted by Crippen LogP contribution is 2.49. The van der Waals surface area contributed by atoms with Gasteiger partial charge in [-0.1, -0.05) is 6.07 Å². The van der Waals surface area contributed by atoms with Crippen LogP contribution in [0.2, 0.25) is 0 Å². The van der Waals surface area contributed by atoms with Gasteiger partial charge in [0.2, 0.25) is 12.5 Å². The zero-order chi connectivity index (χ0) is 18.3. The Balaban J connectivity index is 1.76. The Morgan fingerprint density at radius 1 is 0.923 bits per heavy atom. The van der Waals surface area contributed by atoms with Crippen LogP contribution in [0.3, 0.4) is 0 Å². The first kappa shape index (κ1) is 16.4. The normalized spacial score (nSPS) is 17.3. The molecule has 2 aromatic carbocycles. The molecule has 0 fully saturated rings. The smallest absolute Gasteiger partial charge is 0.231 e. The lowest BCUT2D eigenvalue weighted by Crippen LogP contribution is -2.21. The van der Waals surface area contributed by atoms with Crippen molar-refractivity contribution in [3.63, 3.8) is 0 Å². The minimum Gasteiger partial charge on any atom is -0.493 e. The van der Waals surface area contributed by atoms with E-state index in [4.69, 9.17) is 28.4 Å². The number of carbonyl (C=O) groups excluding carboxylic acids is 1. The number of benzene rings is 2. The molecule has 0 spiro atoms. The van der Waals surface area contributed by atoms with E-state index in [1.54, 1.807) is 6.07 Å². The lowest BCUT2D eigenvalue weighted by molar-refractivity contribution is 0.0842. The molecule has 1 atom stereocenters. The Bertz CT molecular complexity index is 875. The summed E-state index contributed by atoms with van der Waals surface area (Å²) in [6.45, 7) is 0.195. The lowest BCUT2D eigenvalue weighted by atomic mass is 9.95. The van der Waals surface area contributed by atoms with Crippen LogP contribution in [0.15, 0.2) is 24.3 Å². The van der Waals surface area contributed by atoms with Crippen LogP contribution in [0.4, 0.5) is 0 Å². The van der Waals surface area contributed by atoms with Gasteiger partial charge in [-0.15, -0.1) is 0 Å². The molecule has 0 saturated carbocycles. The van der Waals surface area contributed by atoms with Crippen molar-refractivity contribution in [3.8, 4) is 34.5 Å². The zero-order valence-electron chi connectivity index (χ0n) is 14.7. The number of ether oxygens (including phenoxy) is 6. The average Bonchev–Trinajstić information content (AvgIpc) is 3.13. The summed E-state index contributed by atoms with van der Waals surface area (Å²) in [5.41, 5.74) is 1.20. The molecule has 4 rings (SSSR count). The van der Waals surface area contributed by atoms with Crippen LogP contribution < -0.4 is 28.4 Å². The highest BCUT2D eigenvalue weighted by Gasteiger charge is 2.34. The Hall–Kier alpha value is -3.09. The topological polar surface area (TPSA) is 72.5 Å². The molecule has 0 saturated heterocycles. The van der Waals surface area contributed by atoms with Gasteiger partial charge >= 0.3 is 0 Å². The highest BCUT2D eigenvalue weighted by atomic mass is 16.7. The molecule has 0 N–H and O–H groups in total. The summed E-state index contributed by atoms with van der Waals surface area (Å²) in [6, 6.07) is 7.17. The quantitative estimate of drug-likeness (QED) is 0.831. The van der Waals surface area contributed by atoms with E-state index in [1.807, 2.05) is 18.2 Å². The highest BCUT2D eigenvalue weighted by molar-refractivity contribution is 6.04. The fourth-order valence-electron chi connectivity index (χ4n) is 3.26. The van der Waals surface area contributed by atoms with E-state index in [9.17, 15) is 4.79 Å². The number of Topliss-reactive ketones (excluding diaryl/α,β-unsaturated/α-hetero) is 1. The maximum atomic E-state index is 12.8. The van der Waals surface area contributed by atoms with E-state index in [0.717, 1.165) is 5.56 Å². The van der Waals surface area contributed by atoms with Gasteiger partial charge in [0.1, 0.15) is 17.4 Å². The van der Waals surface area contributed by atoms with Crippen LogP contribution in [0.5, 0.6) is 34.5 Å². The van der Waals surface area contributed by atoms with Gasteiger partial charge in [-0.25, -0.2) is 0 Å². The van der Waals surface area contributed by atoms with E-state index in [1.165, 1.54) is 21.3 Å². The van der Waals surface area contributed by atoms with Gasteiger partial charge < -0.3 is 28.4 Å². The van der Waals surface area contributed by atoms with Gasteiger partial charge in [-0.3, -0.25) is 4.79 Å². The number of ketones is 1. The number of rotatable bonds is 4. The van der Waals surface area contributed by atoms with Gasteiger partial charge in [-0.2, -0.15) is 0 Å². The Morgan fingerprint density at radius 2 is 1.69 bits per heavy atom. The van der Waals surface area contributed by atoms with Gasteiger partial charge in [0.15, 0.2) is 28.8 Å². The van der Waals surface area contributed by atoms with Gasteiger partial charge in [0.25, 0.3) is 0 Å². The van der Waals surface area contributed by atoms with Crippen molar-refractivity contribution in [2.45, 2.75) is 12.5 Å². The third-order valence-corrected chi connectivity index (χ3v) is 4.48. The number of hydrogen-bond donors (Lipinski definition) is 0. The predicted molar refractivity (Wildman–Crippen MR) is 91.0 cm³/mol. The number of carbonyl (C=O) groups is 1. The molecular formula is C19H18O7. The molecule has 26 heavy (non-hydrogen) atoms. The van der Waals surface area contributed by atoms with Crippen LogP contribution in [0.1, 0.15) is 28.4 Å². The molecule has 2 heterocycles. The molecule has 0 aromatic heterocycles. The van der Waals surface area contributed by atoms with Crippen molar-refractivity contribution >= 4 is 5.78 Å². The molecule has 2 aliphatic rings. The Morgan fingerprint density at radius 3 is 2.42 bits per heavy atom. The fraction of sp³-hybridized carbons (Fsp3) is 0.316. The van der Waals surface area contributed by atoms with Crippen LogP contribution in [0, 0.1) is 0 Å². The van der Waals surface area contributed by atoms with Crippen LogP contribution >= 0.6 is 0 Å². The molecule has 0 amide bonds. The molecule has 136 valence electrons.